The van der Waals surface area contributed by atoms with Gasteiger partial charge in [0.15, 0.2) is 6.10 Å². The van der Waals surface area contributed by atoms with Gasteiger partial charge < -0.3 is 18.9 Å². The van der Waals surface area contributed by atoms with Gasteiger partial charge in [0.25, 0.3) is 0 Å². The lowest BCUT2D eigenvalue weighted by atomic mass is 10.0. The number of hydrogen-bond donors (Lipinski definition) is 1. The smallest absolute Gasteiger partial charge is 0.462 e. The normalized spacial score (nSPS) is 13.2. The minimum atomic E-state index is -4.38. The molecule has 0 bridgehead atoms. The van der Waals surface area contributed by atoms with Crippen LogP contribution in [0.4, 0.5) is 0 Å². The van der Waals surface area contributed by atoms with Crippen LogP contribution in [0.25, 0.3) is 0 Å². The number of quaternary nitrogens is 1. The van der Waals surface area contributed by atoms with Crippen LogP contribution in [-0.2, 0) is 32.7 Å². The van der Waals surface area contributed by atoms with Gasteiger partial charge in [0.05, 0.1) is 27.7 Å². The third kappa shape index (κ3) is 56.2. The van der Waals surface area contributed by atoms with E-state index in [9.17, 15) is 19.0 Å². The maximum atomic E-state index is 12.8. The van der Waals surface area contributed by atoms with Gasteiger partial charge in [0.2, 0.25) is 0 Å². The summed E-state index contributed by atoms with van der Waals surface area (Å²) in [5.41, 5.74) is 0. The van der Waals surface area contributed by atoms with Gasteiger partial charge in [-0.05, 0) is 12.8 Å². The van der Waals surface area contributed by atoms with Gasteiger partial charge in [-0.25, -0.2) is 4.57 Å². The molecule has 0 aliphatic heterocycles. The molecule has 0 aromatic heterocycles. The van der Waals surface area contributed by atoms with Crippen molar-refractivity contribution in [1.82, 2.24) is 0 Å². The second kappa shape index (κ2) is 51.9. The summed E-state index contributed by atoms with van der Waals surface area (Å²) in [6.07, 6.45) is 59.0. The van der Waals surface area contributed by atoms with Gasteiger partial charge in [-0.2, -0.15) is 0 Å². The SMILES string of the molecule is CCCCCCCCCCCCCCCCCCCCCCCCCCCCCCCCC(=O)OC(COC(=O)CCCCCCCCCCCCCCCCC)COP(=O)(O)OCC[N+](C)(C)C. The molecule has 0 spiro atoms. The zero-order valence-corrected chi connectivity index (χ0v) is 47.7. The highest BCUT2D eigenvalue weighted by molar-refractivity contribution is 7.47. The summed E-state index contributed by atoms with van der Waals surface area (Å²) in [5, 5.41) is 0. The van der Waals surface area contributed by atoms with Crippen LogP contribution >= 0.6 is 7.82 Å². The molecule has 0 aliphatic rings. The van der Waals surface area contributed by atoms with Crippen molar-refractivity contribution in [3.05, 3.63) is 0 Å². The van der Waals surface area contributed by atoms with E-state index in [1.54, 1.807) is 0 Å². The number of nitrogens with zero attached hydrogens (tertiary/aromatic N) is 1. The van der Waals surface area contributed by atoms with Crippen molar-refractivity contribution in [3.63, 3.8) is 0 Å². The Kier molecular flexibility index (Phi) is 51.1. The lowest BCUT2D eigenvalue weighted by Crippen LogP contribution is -2.37. The van der Waals surface area contributed by atoms with Crippen LogP contribution < -0.4 is 0 Å². The molecule has 1 N–H and O–H groups in total. The number of rotatable bonds is 57. The maximum Gasteiger partial charge on any atom is 0.472 e. The van der Waals surface area contributed by atoms with Crippen molar-refractivity contribution in [2.75, 3.05) is 47.5 Å². The van der Waals surface area contributed by atoms with E-state index in [2.05, 4.69) is 13.8 Å². The molecule has 0 aromatic rings. The Hall–Kier alpha value is -0.990. The van der Waals surface area contributed by atoms with Crippen LogP contribution in [0.1, 0.15) is 316 Å². The fourth-order valence-corrected chi connectivity index (χ4v) is 9.94. The highest BCUT2D eigenvalue weighted by Gasteiger charge is 2.27. The van der Waals surface area contributed by atoms with Gasteiger partial charge in [0, 0.05) is 12.8 Å². The summed E-state index contributed by atoms with van der Waals surface area (Å²) in [5.74, 6) is -0.774. The molecule has 0 rings (SSSR count). The summed E-state index contributed by atoms with van der Waals surface area (Å²) in [6, 6.07) is 0. The van der Waals surface area contributed by atoms with Crippen LogP contribution in [0.15, 0.2) is 0 Å². The van der Waals surface area contributed by atoms with Crippen LogP contribution in [0.2, 0.25) is 0 Å². The van der Waals surface area contributed by atoms with Crippen molar-refractivity contribution < 1.29 is 42.1 Å². The fraction of sp³-hybridized carbons (Fsp3) is 0.966. The van der Waals surface area contributed by atoms with Crippen molar-refractivity contribution in [2.45, 2.75) is 322 Å². The third-order valence-electron chi connectivity index (χ3n) is 13.9. The molecule has 0 fully saturated rings. The topological polar surface area (TPSA) is 108 Å². The lowest BCUT2D eigenvalue weighted by molar-refractivity contribution is -0.870. The summed E-state index contributed by atoms with van der Waals surface area (Å²) >= 11 is 0. The van der Waals surface area contributed by atoms with Gasteiger partial charge in [-0.3, -0.25) is 18.6 Å². The number of likely N-dealkylation sites (N-methyl/N-ethyl adjacent to an activating group) is 1. The van der Waals surface area contributed by atoms with Gasteiger partial charge in [-0.15, -0.1) is 0 Å². The van der Waals surface area contributed by atoms with Crippen LogP contribution in [-0.4, -0.2) is 74.9 Å². The van der Waals surface area contributed by atoms with E-state index < -0.39 is 26.5 Å². The average Bonchev–Trinajstić information content (AvgIpc) is 3.31. The summed E-state index contributed by atoms with van der Waals surface area (Å²) < 4.78 is 34.6. The molecule has 0 amide bonds. The van der Waals surface area contributed by atoms with Crippen LogP contribution in [0, 0.1) is 0 Å². The van der Waals surface area contributed by atoms with E-state index in [0.717, 1.165) is 38.5 Å². The highest BCUT2D eigenvalue weighted by Crippen LogP contribution is 2.43. The number of phosphoric ester groups is 1. The average molecular weight is 1000 g/mol. The van der Waals surface area contributed by atoms with E-state index in [4.69, 9.17) is 18.5 Å². The molecular formula is C59H119NO8P+. The van der Waals surface area contributed by atoms with Crippen molar-refractivity contribution >= 4 is 19.8 Å². The first-order valence-corrected chi connectivity index (χ1v) is 31.8. The molecule has 412 valence electrons. The zero-order chi connectivity index (χ0) is 50.6. The van der Waals surface area contributed by atoms with E-state index >= 15 is 0 Å². The Morgan fingerprint density at radius 3 is 0.928 bits per heavy atom. The van der Waals surface area contributed by atoms with Gasteiger partial charge in [0.1, 0.15) is 19.8 Å². The van der Waals surface area contributed by atoms with Gasteiger partial charge in [-0.1, -0.05) is 290 Å². The van der Waals surface area contributed by atoms with Crippen molar-refractivity contribution in [3.8, 4) is 0 Å². The molecule has 0 saturated carbocycles. The highest BCUT2D eigenvalue weighted by atomic mass is 31.2. The fourth-order valence-electron chi connectivity index (χ4n) is 9.20. The second-order valence-electron chi connectivity index (χ2n) is 22.1. The predicted octanol–water partition coefficient (Wildman–Crippen LogP) is 18.7. The van der Waals surface area contributed by atoms with E-state index in [1.807, 2.05) is 21.1 Å². The number of unbranched alkanes of at least 4 members (excludes halogenated alkanes) is 43. The molecule has 0 radical (unpaired) electrons. The van der Waals surface area contributed by atoms with Gasteiger partial charge >= 0.3 is 19.8 Å². The molecule has 0 heterocycles. The quantitative estimate of drug-likeness (QED) is 0.0278. The Balaban J connectivity index is 3.99. The third-order valence-corrected chi connectivity index (χ3v) is 14.9. The van der Waals surface area contributed by atoms with Crippen molar-refractivity contribution in [1.29, 1.82) is 0 Å². The van der Waals surface area contributed by atoms with Crippen LogP contribution in [0.5, 0.6) is 0 Å². The van der Waals surface area contributed by atoms with E-state index in [1.165, 1.54) is 250 Å². The Labute approximate surface area is 429 Å². The first kappa shape index (κ1) is 68.0. The van der Waals surface area contributed by atoms with E-state index in [-0.39, 0.29) is 25.6 Å². The first-order valence-electron chi connectivity index (χ1n) is 30.3. The molecular weight excluding hydrogens is 882 g/mol. The minimum Gasteiger partial charge on any atom is -0.462 e. The minimum absolute atomic E-state index is 0.0374. The van der Waals surface area contributed by atoms with E-state index in [0.29, 0.717) is 17.4 Å². The molecule has 2 unspecified atom stereocenters. The first-order chi connectivity index (χ1) is 33.5. The lowest BCUT2D eigenvalue weighted by Gasteiger charge is -2.24. The van der Waals surface area contributed by atoms with Crippen molar-refractivity contribution in [2.24, 2.45) is 0 Å². The molecule has 69 heavy (non-hydrogen) atoms. The molecule has 9 nitrogen and oxygen atoms in total. The molecule has 0 aliphatic carbocycles. The molecule has 0 aromatic carbocycles. The largest absolute Gasteiger partial charge is 0.472 e. The maximum absolute atomic E-state index is 12.8. The number of ether oxygens (including phenoxy) is 2. The monoisotopic (exact) mass is 1000 g/mol. The predicted molar refractivity (Wildman–Crippen MR) is 294 cm³/mol. The Bertz CT molecular complexity index is 1130. The summed E-state index contributed by atoms with van der Waals surface area (Å²) in [4.78, 5) is 35.6. The standard InChI is InChI=1S/C59H118NO8P/c1-6-8-10-12-14-16-18-20-22-23-24-25-26-27-28-29-30-31-32-33-34-35-36-38-40-42-44-46-48-50-52-59(62)68-57(56-67-69(63,64)66-54-53-60(3,4)5)55-65-58(61)51-49-47-45-43-41-39-37-21-19-17-15-13-11-9-7-2/h57H,6-56H2,1-5H3/p+1. The Morgan fingerprint density at radius 1 is 0.391 bits per heavy atom. The summed E-state index contributed by atoms with van der Waals surface area (Å²) in [6.45, 7) is 4.50. The number of esters is 2. The number of hydrogen-bond acceptors (Lipinski definition) is 7. The molecule has 10 heteroatoms. The Morgan fingerprint density at radius 2 is 0.652 bits per heavy atom. The second-order valence-corrected chi connectivity index (χ2v) is 23.6. The number of phosphoric acid groups is 1. The molecule has 0 saturated heterocycles. The number of carbonyl (C=O) groups excluding carboxylic acids is 2. The molecule has 2 atom stereocenters. The van der Waals surface area contributed by atoms with Crippen LogP contribution in [0.3, 0.4) is 0 Å². The summed E-state index contributed by atoms with van der Waals surface area (Å²) in [7, 11) is 1.50. The number of carbonyl (C=O) groups is 2. The zero-order valence-electron chi connectivity index (χ0n) is 46.8.